The van der Waals surface area contributed by atoms with Gasteiger partial charge in [0.05, 0.1) is 0 Å². The highest BCUT2D eigenvalue weighted by Gasteiger charge is 2.57. The normalized spacial score (nSPS) is 54.8. The monoisotopic (exact) mass is 258 g/mol. The Hall–Kier alpha value is -1.56. The van der Waals surface area contributed by atoms with Crippen LogP contribution in [0.2, 0.25) is 0 Å². The lowest BCUT2D eigenvalue weighted by atomic mass is 9.91. The maximum atomic E-state index is 2.57. The molecule has 4 unspecified atom stereocenters. The zero-order chi connectivity index (χ0) is 12.8. The van der Waals surface area contributed by atoms with Gasteiger partial charge in [0.15, 0.2) is 0 Å². The van der Waals surface area contributed by atoms with Crippen molar-refractivity contribution < 1.29 is 0 Å². The summed E-state index contributed by atoms with van der Waals surface area (Å²) in [5.74, 6) is 5.86. The van der Waals surface area contributed by atoms with Crippen LogP contribution in [0.25, 0.3) is 0 Å². The van der Waals surface area contributed by atoms with Gasteiger partial charge in [0.2, 0.25) is 0 Å². The number of fused-ring (bicyclic) bond motifs is 1. The average molecular weight is 258 g/mol. The molecule has 2 fully saturated rings. The number of allylic oxidation sites excluding steroid dienone is 12. The summed E-state index contributed by atoms with van der Waals surface area (Å²) in [4.78, 5) is 0. The fraction of sp³-hybridized carbons (Fsp3) is 0.400. The molecule has 0 spiro atoms. The van der Waals surface area contributed by atoms with Crippen molar-refractivity contribution in [2.45, 2.75) is 0 Å². The minimum Gasteiger partial charge on any atom is -0.0833 e. The van der Waals surface area contributed by atoms with Gasteiger partial charge >= 0.3 is 0 Å². The topological polar surface area (TPSA) is 0 Å². The van der Waals surface area contributed by atoms with Gasteiger partial charge in [-0.3, -0.25) is 0 Å². The first-order chi connectivity index (χ1) is 9.90. The predicted molar refractivity (Wildman–Crippen MR) is 80.6 cm³/mol. The van der Waals surface area contributed by atoms with Gasteiger partial charge in [0, 0.05) is 11.8 Å². The Morgan fingerprint density at radius 2 is 0.800 bits per heavy atom. The molecule has 2 saturated carbocycles. The minimum absolute atomic E-state index is 0.546. The summed E-state index contributed by atoms with van der Waals surface area (Å²) in [6.45, 7) is 0. The summed E-state index contributed by atoms with van der Waals surface area (Å²) in [7, 11) is 0. The van der Waals surface area contributed by atoms with E-state index in [4.69, 9.17) is 0 Å². The SMILES string of the molecule is C1=CC2C3C=CC1C=C(C1=CC4C=CC5C(C=C4)C15)C23. The maximum absolute atomic E-state index is 2.57. The molecule has 0 nitrogen and oxygen atoms in total. The first-order valence-electron chi connectivity index (χ1n) is 8.07. The molecule has 0 heteroatoms. The molecule has 20 heavy (non-hydrogen) atoms. The standard InChI is InChI=1S/C20H18/c1-5-13-14-6-2-11(1)9-17(19(13)14)18-10-12-3-7-15-16(8-4-12)20(15)18/h1-16,19-20H. The molecule has 0 heterocycles. The molecule has 0 amide bonds. The van der Waals surface area contributed by atoms with Crippen LogP contribution >= 0.6 is 0 Å². The molecule has 0 saturated heterocycles. The zero-order valence-electron chi connectivity index (χ0n) is 11.4. The number of hydrogen-bond acceptors (Lipinski definition) is 0. The fourth-order valence-electron chi connectivity index (χ4n) is 5.13. The maximum Gasteiger partial charge on any atom is 0.0133 e. The first-order valence-corrected chi connectivity index (χ1v) is 8.07. The van der Waals surface area contributed by atoms with E-state index in [1.54, 1.807) is 11.1 Å². The van der Waals surface area contributed by atoms with E-state index in [-0.39, 0.29) is 0 Å². The van der Waals surface area contributed by atoms with Gasteiger partial charge < -0.3 is 0 Å². The lowest BCUT2D eigenvalue weighted by Gasteiger charge is -2.13. The van der Waals surface area contributed by atoms with E-state index in [0.717, 1.165) is 35.5 Å². The van der Waals surface area contributed by atoms with Gasteiger partial charge in [-0.15, -0.1) is 0 Å². The molecule has 8 aliphatic rings. The minimum atomic E-state index is 0.546. The van der Waals surface area contributed by atoms with Crippen molar-refractivity contribution in [3.05, 3.63) is 71.9 Å². The summed E-state index contributed by atoms with van der Waals surface area (Å²) in [5.41, 5.74) is 3.41. The highest BCUT2D eigenvalue weighted by atomic mass is 14.6. The Morgan fingerprint density at radius 3 is 1.15 bits per heavy atom. The summed E-state index contributed by atoms with van der Waals surface area (Å²) >= 11 is 0. The zero-order valence-corrected chi connectivity index (χ0v) is 11.4. The van der Waals surface area contributed by atoms with E-state index in [2.05, 4.69) is 60.8 Å². The summed E-state index contributed by atoms with van der Waals surface area (Å²) in [6.07, 6.45) is 24.7. The van der Waals surface area contributed by atoms with Crippen LogP contribution in [0.4, 0.5) is 0 Å². The predicted octanol–water partition coefficient (Wildman–Crippen LogP) is 4.08. The Balaban J connectivity index is 1.48. The van der Waals surface area contributed by atoms with Crippen molar-refractivity contribution in [2.24, 2.45) is 47.3 Å². The molecular formula is C20H18. The van der Waals surface area contributed by atoms with Crippen molar-refractivity contribution in [1.29, 1.82) is 0 Å². The van der Waals surface area contributed by atoms with Crippen LogP contribution in [-0.4, -0.2) is 0 Å². The van der Waals surface area contributed by atoms with E-state index in [9.17, 15) is 0 Å². The van der Waals surface area contributed by atoms with E-state index in [1.807, 2.05) is 0 Å². The van der Waals surface area contributed by atoms with Crippen LogP contribution in [0.1, 0.15) is 0 Å². The molecule has 8 aliphatic carbocycles. The number of rotatable bonds is 1. The fourth-order valence-corrected chi connectivity index (χ4v) is 5.13. The molecule has 8 bridgehead atoms. The van der Waals surface area contributed by atoms with E-state index < -0.39 is 0 Å². The summed E-state index contributed by atoms with van der Waals surface area (Å²) in [6, 6.07) is 0. The van der Waals surface area contributed by atoms with Gasteiger partial charge in [0.1, 0.15) is 0 Å². The second-order valence-corrected chi connectivity index (χ2v) is 7.30. The molecule has 0 aromatic rings. The van der Waals surface area contributed by atoms with Crippen molar-refractivity contribution in [2.75, 3.05) is 0 Å². The third-order valence-corrected chi connectivity index (χ3v) is 6.28. The highest BCUT2D eigenvalue weighted by molar-refractivity contribution is 5.53. The van der Waals surface area contributed by atoms with Gasteiger partial charge in [-0.25, -0.2) is 0 Å². The molecule has 0 radical (unpaired) electrons. The van der Waals surface area contributed by atoms with Gasteiger partial charge in [-0.1, -0.05) is 60.8 Å². The molecular weight excluding hydrogens is 240 g/mol. The molecule has 8 rings (SSSR count). The third kappa shape index (κ3) is 1.15. The lowest BCUT2D eigenvalue weighted by molar-refractivity contribution is 0.836. The molecule has 0 aromatic carbocycles. The second kappa shape index (κ2) is 3.19. The van der Waals surface area contributed by atoms with Gasteiger partial charge in [-0.2, -0.15) is 0 Å². The van der Waals surface area contributed by atoms with E-state index in [1.165, 1.54) is 0 Å². The van der Waals surface area contributed by atoms with Crippen molar-refractivity contribution in [3.8, 4) is 0 Å². The molecule has 0 aliphatic heterocycles. The molecule has 98 valence electrons. The second-order valence-electron chi connectivity index (χ2n) is 7.30. The van der Waals surface area contributed by atoms with Gasteiger partial charge in [-0.05, 0) is 46.7 Å². The Kier molecular flexibility index (Phi) is 1.63. The largest absolute Gasteiger partial charge is 0.0833 e. The quantitative estimate of drug-likeness (QED) is 0.622. The Labute approximate surface area is 120 Å². The smallest absolute Gasteiger partial charge is 0.0133 e. The van der Waals surface area contributed by atoms with Crippen LogP contribution in [0.15, 0.2) is 71.9 Å². The summed E-state index contributed by atoms with van der Waals surface area (Å²) in [5, 5.41) is 0. The lowest BCUT2D eigenvalue weighted by Crippen LogP contribution is -2.00. The number of hydrogen-bond donors (Lipinski definition) is 0. The highest BCUT2D eigenvalue weighted by Crippen LogP contribution is 2.64. The van der Waals surface area contributed by atoms with Crippen molar-refractivity contribution in [1.82, 2.24) is 0 Å². The van der Waals surface area contributed by atoms with Gasteiger partial charge in [0.25, 0.3) is 0 Å². The average Bonchev–Trinajstić information content (AvgIpc) is 3.29. The van der Waals surface area contributed by atoms with Crippen LogP contribution < -0.4 is 0 Å². The van der Waals surface area contributed by atoms with E-state index in [0.29, 0.717) is 11.8 Å². The van der Waals surface area contributed by atoms with Crippen molar-refractivity contribution >= 4 is 0 Å². The molecule has 0 aromatic heterocycles. The Morgan fingerprint density at radius 1 is 0.450 bits per heavy atom. The van der Waals surface area contributed by atoms with Crippen LogP contribution in [0, 0.1) is 47.3 Å². The van der Waals surface area contributed by atoms with Crippen LogP contribution in [-0.2, 0) is 0 Å². The van der Waals surface area contributed by atoms with Crippen molar-refractivity contribution in [3.63, 3.8) is 0 Å². The first kappa shape index (κ1) is 10.2. The summed E-state index contributed by atoms with van der Waals surface area (Å²) < 4.78 is 0. The Bertz CT molecular complexity index is 581. The van der Waals surface area contributed by atoms with Crippen LogP contribution in [0.3, 0.4) is 0 Å². The third-order valence-electron chi connectivity index (χ3n) is 6.28. The van der Waals surface area contributed by atoms with Crippen LogP contribution in [0.5, 0.6) is 0 Å². The molecule has 0 N–H and O–H groups in total. The van der Waals surface area contributed by atoms with E-state index >= 15 is 0 Å². The molecule has 4 atom stereocenters.